The van der Waals surface area contributed by atoms with Gasteiger partial charge in [0.2, 0.25) is 5.78 Å². The Labute approximate surface area is 185 Å². The molecule has 1 atom stereocenters. The number of carboxylic acids is 1. The van der Waals surface area contributed by atoms with E-state index in [2.05, 4.69) is 5.32 Å². The Morgan fingerprint density at radius 1 is 1.12 bits per heavy atom. The van der Waals surface area contributed by atoms with E-state index >= 15 is 0 Å². The van der Waals surface area contributed by atoms with Gasteiger partial charge in [0.05, 0.1) is 12.7 Å². The molecule has 0 spiro atoms. The number of carboxylic acid groups (broad SMARTS) is 1. The standard InChI is InChI=1S/C24H25NO7/c1-14(2)10-19(24(28)29)25-22(26)13-31-17-8-9-18-20(12-17)32-21(23(18)27)11-15-4-6-16(30-3)7-5-15/h4-9,11-12,14,19H,10,13H2,1-3H3,(H,25,26)(H,28,29). The molecule has 0 aromatic heterocycles. The Hall–Kier alpha value is -3.81. The van der Waals surface area contributed by atoms with Gasteiger partial charge in [0.1, 0.15) is 23.3 Å². The van der Waals surface area contributed by atoms with Crippen LogP contribution < -0.4 is 19.5 Å². The average Bonchev–Trinajstić information content (AvgIpc) is 3.06. The minimum absolute atomic E-state index is 0.115. The van der Waals surface area contributed by atoms with Crippen LogP contribution in [0.15, 0.2) is 48.2 Å². The SMILES string of the molecule is COc1ccc(C=C2Oc3cc(OCC(=O)NC(CC(C)C)C(=O)O)ccc3C2=O)cc1. The van der Waals surface area contributed by atoms with Gasteiger partial charge >= 0.3 is 5.97 Å². The largest absolute Gasteiger partial charge is 0.497 e. The molecule has 0 bridgehead atoms. The zero-order valence-electron chi connectivity index (χ0n) is 18.1. The number of fused-ring (bicyclic) bond motifs is 1. The molecule has 0 saturated carbocycles. The number of benzene rings is 2. The fraction of sp³-hybridized carbons (Fsp3) is 0.292. The van der Waals surface area contributed by atoms with E-state index in [1.165, 1.54) is 6.07 Å². The Morgan fingerprint density at radius 3 is 2.44 bits per heavy atom. The van der Waals surface area contributed by atoms with Crippen LogP contribution in [0.4, 0.5) is 0 Å². The maximum Gasteiger partial charge on any atom is 0.326 e. The van der Waals surface area contributed by atoms with Crippen LogP contribution in [0.1, 0.15) is 36.2 Å². The van der Waals surface area contributed by atoms with E-state index in [-0.39, 0.29) is 24.1 Å². The highest BCUT2D eigenvalue weighted by molar-refractivity contribution is 6.14. The molecule has 1 aliphatic rings. The van der Waals surface area contributed by atoms with Crippen LogP contribution in [-0.2, 0) is 9.59 Å². The van der Waals surface area contributed by atoms with Gasteiger partial charge in [-0.25, -0.2) is 4.79 Å². The summed E-state index contributed by atoms with van der Waals surface area (Å²) in [6, 6.07) is 10.9. The van der Waals surface area contributed by atoms with Crippen LogP contribution in [0.25, 0.3) is 6.08 Å². The summed E-state index contributed by atoms with van der Waals surface area (Å²) >= 11 is 0. The molecular weight excluding hydrogens is 414 g/mol. The molecule has 8 heteroatoms. The lowest BCUT2D eigenvalue weighted by Crippen LogP contribution is -2.43. The van der Waals surface area contributed by atoms with Gasteiger partial charge < -0.3 is 24.6 Å². The first-order chi connectivity index (χ1) is 15.3. The quantitative estimate of drug-likeness (QED) is 0.577. The van der Waals surface area contributed by atoms with E-state index in [0.29, 0.717) is 29.2 Å². The molecule has 168 valence electrons. The smallest absolute Gasteiger partial charge is 0.326 e. The summed E-state index contributed by atoms with van der Waals surface area (Å²) in [4.78, 5) is 36.0. The fourth-order valence-corrected chi connectivity index (χ4v) is 3.19. The molecule has 3 rings (SSSR count). The molecule has 0 fully saturated rings. The van der Waals surface area contributed by atoms with Gasteiger partial charge in [0, 0.05) is 6.07 Å². The Morgan fingerprint density at radius 2 is 1.81 bits per heavy atom. The number of amides is 1. The van der Waals surface area contributed by atoms with Crippen molar-refractivity contribution in [3.05, 3.63) is 59.4 Å². The van der Waals surface area contributed by atoms with Gasteiger partial charge in [-0.1, -0.05) is 26.0 Å². The minimum Gasteiger partial charge on any atom is -0.497 e. The second kappa shape index (κ2) is 10.00. The zero-order valence-corrected chi connectivity index (χ0v) is 18.1. The molecule has 0 aliphatic carbocycles. The number of carbonyl (C=O) groups is 3. The summed E-state index contributed by atoms with van der Waals surface area (Å²) in [5, 5.41) is 11.7. The minimum atomic E-state index is -1.09. The Bertz CT molecular complexity index is 1040. The maximum absolute atomic E-state index is 12.6. The van der Waals surface area contributed by atoms with Crippen molar-refractivity contribution >= 4 is 23.7 Å². The van der Waals surface area contributed by atoms with Crippen LogP contribution in [0.3, 0.4) is 0 Å². The molecule has 0 saturated heterocycles. The number of carbonyl (C=O) groups excluding carboxylic acids is 2. The predicted molar refractivity (Wildman–Crippen MR) is 117 cm³/mol. The summed E-state index contributed by atoms with van der Waals surface area (Å²) in [6.45, 7) is 3.40. The van der Waals surface area contributed by atoms with Crippen molar-refractivity contribution in [3.63, 3.8) is 0 Å². The summed E-state index contributed by atoms with van der Waals surface area (Å²) in [7, 11) is 1.58. The zero-order chi connectivity index (χ0) is 23.3. The van der Waals surface area contributed by atoms with E-state index in [9.17, 15) is 19.5 Å². The first kappa shape index (κ1) is 22.9. The van der Waals surface area contributed by atoms with Crippen molar-refractivity contribution in [1.82, 2.24) is 5.32 Å². The maximum atomic E-state index is 12.6. The third-order valence-corrected chi connectivity index (χ3v) is 4.77. The summed E-state index contributed by atoms with van der Waals surface area (Å²) in [6.07, 6.45) is 1.95. The van der Waals surface area contributed by atoms with Crippen LogP contribution in [0.5, 0.6) is 17.2 Å². The number of ketones is 1. The highest BCUT2D eigenvalue weighted by Gasteiger charge is 2.28. The third-order valence-electron chi connectivity index (χ3n) is 4.77. The average molecular weight is 439 g/mol. The van der Waals surface area contributed by atoms with E-state index in [4.69, 9.17) is 14.2 Å². The summed E-state index contributed by atoms with van der Waals surface area (Å²) in [5.74, 6) is -0.230. The number of hydrogen-bond acceptors (Lipinski definition) is 6. The van der Waals surface area contributed by atoms with Crippen molar-refractivity contribution in [1.29, 1.82) is 0 Å². The predicted octanol–water partition coefficient (Wildman–Crippen LogP) is 3.31. The number of methoxy groups -OCH3 is 1. The molecule has 0 radical (unpaired) electrons. The van der Waals surface area contributed by atoms with Crippen LogP contribution in [0.2, 0.25) is 0 Å². The number of ether oxygens (including phenoxy) is 3. The highest BCUT2D eigenvalue weighted by atomic mass is 16.5. The lowest BCUT2D eigenvalue weighted by molar-refractivity contribution is -0.142. The van der Waals surface area contributed by atoms with Crippen LogP contribution in [0, 0.1) is 5.92 Å². The number of nitrogens with one attached hydrogen (secondary N) is 1. The summed E-state index contributed by atoms with van der Waals surface area (Å²) < 4.78 is 16.3. The number of aliphatic carboxylic acids is 1. The second-order valence-corrected chi connectivity index (χ2v) is 7.75. The number of hydrogen-bond donors (Lipinski definition) is 2. The Kier molecular flexibility index (Phi) is 7.14. The Balaban J connectivity index is 1.63. The molecule has 8 nitrogen and oxygen atoms in total. The second-order valence-electron chi connectivity index (χ2n) is 7.75. The van der Waals surface area contributed by atoms with Gasteiger partial charge in [0.15, 0.2) is 12.4 Å². The first-order valence-corrected chi connectivity index (χ1v) is 10.1. The molecule has 32 heavy (non-hydrogen) atoms. The highest BCUT2D eigenvalue weighted by Crippen LogP contribution is 2.35. The topological polar surface area (TPSA) is 111 Å². The number of allylic oxidation sites excluding steroid dienone is 1. The number of rotatable bonds is 9. The van der Waals surface area contributed by atoms with E-state index in [1.54, 1.807) is 37.5 Å². The molecule has 2 aromatic rings. The molecule has 2 N–H and O–H groups in total. The van der Waals surface area contributed by atoms with Gasteiger partial charge in [-0.2, -0.15) is 0 Å². The van der Waals surface area contributed by atoms with Crippen molar-refractivity contribution in [2.24, 2.45) is 5.92 Å². The van der Waals surface area contributed by atoms with Crippen LogP contribution in [-0.4, -0.2) is 42.5 Å². The van der Waals surface area contributed by atoms with Gasteiger partial charge in [-0.3, -0.25) is 9.59 Å². The molecular formula is C24H25NO7. The van der Waals surface area contributed by atoms with Crippen molar-refractivity contribution in [2.45, 2.75) is 26.3 Å². The van der Waals surface area contributed by atoms with Gasteiger partial charge in [-0.05, 0) is 48.2 Å². The third kappa shape index (κ3) is 5.66. The van der Waals surface area contributed by atoms with Gasteiger partial charge in [0.25, 0.3) is 5.91 Å². The van der Waals surface area contributed by atoms with E-state index in [1.807, 2.05) is 26.0 Å². The lowest BCUT2D eigenvalue weighted by Gasteiger charge is -2.16. The fourth-order valence-electron chi connectivity index (χ4n) is 3.19. The first-order valence-electron chi connectivity index (χ1n) is 10.1. The number of Topliss-reactive ketones (excluding diaryl/α,β-unsaturated/α-hetero) is 1. The normalized spacial score (nSPS) is 14.6. The molecule has 1 unspecified atom stereocenters. The molecule has 1 heterocycles. The summed E-state index contributed by atoms with van der Waals surface area (Å²) in [5.41, 5.74) is 1.17. The van der Waals surface area contributed by atoms with E-state index in [0.717, 1.165) is 5.56 Å². The van der Waals surface area contributed by atoms with Crippen molar-refractivity contribution < 1.29 is 33.7 Å². The molecule has 1 amide bonds. The molecule has 1 aliphatic heterocycles. The van der Waals surface area contributed by atoms with Crippen LogP contribution >= 0.6 is 0 Å². The lowest BCUT2D eigenvalue weighted by atomic mass is 10.0. The van der Waals surface area contributed by atoms with E-state index < -0.39 is 17.9 Å². The van der Waals surface area contributed by atoms with Crippen molar-refractivity contribution in [3.8, 4) is 17.2 Å². The monoisotopic (exact) mass is 439 g/mol. The van der Waals surface area contributed by atoms with Crippen molar-refractivity contribution in [2.75, 3.05) is 13.7 Å². The van der Waals surface area contributed by atoms with Gasteiger partial charge in [-0.15, -0.1) is 0 Å². The molecule has 2 aromatic carbocycles.